The van der Waals surface area contributed by atoms with Crippen LogP contribution in [0.2, 0.25) is 0 Å². The van der Waals surface area contributed by atoms with Crippen LogP contribution in [0.25, 0.3) is 0 Å². The molecule has 4 heteroatoms. The maximum absolute atomic E-state index is 4.66. The molecule has 0 bridgehead atoms. The van der Waals surface area contributed by atoms with Gasteiger partial charge in [-0.2, -0.15) is 11.8 Å². The molecule has 1 heterocycles. The topological polar surface area (TPSA) is 37.8 Å². The van der Waals surface area contributed by atoms with Gasteiger partial charge >= 0.3 is 0 Å². The van der Waals surface area contributed by atoms with Crippen LogP contribution in [-0.4, -0.2) is 22.3 Å². The van der Waals surface area contributed by atoms with Crippen molar-refractivity contribution in [3.63, 3.8) is 0 Å². The Hall–Kier alpha value is -0.770. The minimum absolute atomic E-state index is 0.724. The summed E-state index contributed by atoms with van der Waals surface area (Å²) in [5.41, 5.74) is 1.16. The van der Waals surface area contributed by atoms with E-state index in [1.54, 1.807) is 0 Å². The molecule has 0 fully saturated rings. The van der Waals surface area contributed by atoms with E-state index < -0.39 is 0 Å². The van der Waals surface area contributed by atoms with Crippen molar-refractivity contribution in [2.75, 3.05) is 17.6 Å². The quantitative estimate of drug-likeness (QED) is 0.738. The molecule has 0 unspecified atom stereocenters. The van der Waals surface area contributed by atoms with Crippen molar-refractivity contribution in [1.29, 1.82) is 0 Å². The fraction of sp³-hybridized carbons (Fsp3) is 0.733. The molecule has 0 atom stereocenters. The highest BCUT2D eigenvalue weighted by Gasteiger charge is 2.05. The molecule has 1 aromatic heterocycles. The third-order valence-electron chi connectivity index (χ3n) is 2.57. The van der Waals surface area contributed by atoms with E-state index in [0.717, 1.165) is 54.8 Å². The first-order valence-corrected chi connectivity index (χ1v) is 8.49. The molecule has 0 amide bonds. The third-order valence-corrected chi connectivity index (χ3v) is 3.93. The largest absolute Gasteiger partial charge is 0.370 e. The molecule has 0 radical (unpaired) electrons. The first-order valence-electron chi connectivity index (χ1n) is 7.34. The number of hydrogen-bond donors (Lipinski definition) is 1. The van der Waals surface area contributed by atoms with Gasteiger partial charge in [0.2, 0.25) is 0 Å². The number of rotatable bonds is 9. The molecule has 1 aromatic rings. The Balaban J connectivity index is 2.68. The van der Waals surface area contributed by atoms with Crippen molar-refractivity contribution >= 4 is 17.6 Å². The predicted octanol–water partition coefficient (Wildman–Crippen LogP) is 4.14. The maximum atomic E-state index is 4.66. The predicted molar refractivity (Wildman–Crippen MR) is 85.8 cm³/mol. The van der Waals surface area contributed by atoms with Gasteiger partial charge in [0.05, 0.1) is 5.75 Å². The Morgan fingerprint density at radius 1 is 1.21 bits per heavy atom. The molecule has 0 saturated heterocycles. The highest BCUT2D eigenvalue weighted by Crippen LogP contribution is 2.16. The molecule has 1 rings (SSSR count). The van der Waals surface area contributed by atoms with Gasteiger partial charge < -0.3 is 5.32 Å². The van der Waals surface area contributed by atoms with Crippen LogP contribution in [0.4, 0.5) is 5.82 Å². The summed E-state index contributed by atoms with van der Waals surface area (Å²) < 4.78 is 0. The molecule has 19 heavy (non-hydrogen) atoms. The van der Waals surface area contributed by atoms with Gasteiger partial charge in [0.25, 0.3) is 0 Å². The van der Waals surface area contributed by atoms with E-state index >= 15 is 0 Å². The lowest BCUT2D eigenvalue weighted by Crippen LogP contribution is -2.07. The summed E-state index contributed by atoms with van der Waals surface area (Å²) in [7, 11) is 0. The zero-order valence-corrected chi connectivity index (χ0v) is 13.5. The lowest BCUT2D eigenvalue weighted by Gasteiger charge is -2.09. The number of nitrogens with zero attached hydrogens (tertiary/aromatic N) is 2. The second kappa shape index (κ2) is 9.18. The van der Waals surface area contributed by atoms with Crippen molar-refractivity contribution in [1.82, 2.24) is 9.97 Å². The highest BCUT2D eigenvalue weighted by atomic mass is 32.2. The Morgan fingerprint density at radius 3 is 2.63 bits per heavy atom. The van der Waals surface area contributed by atoms with Crippen LogP contribution in [0.1, 0.15) is 52.1 Å². The van der Waals surface area contributed by atoms with Crippen LogP contribution >= 0.6 is 11.8 Å². The number of hydrogen-bond acceptors (Lipinski definition) is 4. The van der Waals surface area contributed by atoms with Crippen LogP contribution in [0.15, 0.2) is 6.07 Å². The summed E-state index contributed by atoms with van der Waals surface area (Å²) in [6.07, 6.45) is 3.28. The van der Waals surface area contributed by atoms with E-state index in [0.29, 0.717) is 0 Å². The van der Waals surface area contributed by atoms with Gasteiger partial charge in [0.1, 0.15) is 11.6 Å². The molecule has 0 saturated carbocycles. The standard InChI is InChI=1S/C15H27N3S/c1-5-7-13-9-14(16-8-6-2)18-15(17-13)11-19-10-12(3)4/h9,12H,5-8,10-11H2,1-4H3,(H,16,17,18). The van der Waals surface area contributed by atoms with Crippen molar-refractivity contribution < 1.29 is 0 Å². The van der Waals surface area contributed by atoms with Gasteiger partial charge in [0.15, 0.2) is 0 Å². The van der Waals surface area contributed by atoms with Crippen LogP contribution in [0, 0.1) is 5.92 Å². The average molecular weight is 281 g/mol. The summed E-state index contributed by atoms with van der Waals surface area (Å²) in [5.74, 6) is 4.76. The minimum Gasteiger partial charge on any atom is -0.370 e. The Morgan fingerprint density at radius 2 is 2.00 bits per heavy atom. The number of aromatic nitrogens is 2. The molecule has 0 aliphatic carbocycles. The molecule has 0 aliphatic heterocycles. The van der Waals surface area contributed by atoms with Crippen LogP contribution in [0.3, 0.4) is 0 Å². The van der Waals surface area contributed by atoms with Gasteiger partial charge in [-0.25, -0.2) is 9.97 Å². The molecular weight excluding hydrogens is 254 g/mol. The van der Waals surface area contributed by atoms with E-state index in [1.807, 2.05) is 11.8 Å². The lowest BCUT2D eigenvalue weighted by molar-refractivity contribution is 0.749. The van der Waals surface area contributed by atoms with E-state index in [1.165, 1.54) is 5.75 Å². The number of nitrogens with one attached hydrogen (secondary N) is 1. The normalized spacial score (nSPS) is 11.0. The maximum Gasteiger partial charge on any atom is 0.140 e. The summed E-state index contributed by atoms with van der Waals surface area (Å²) in [6.45, 7) is 9.82. The molecule has 1 N–H and O–H groups in total. The Labute approximate surface area is 122 Å². The number of anilines is 1. The number of thioether (sulfide) groups is 1. The van der Waals surface area contributed by atoms with Gasteiger partial charge in [-0.05, 0) is 24.5 Å². The van der Waals surface area contributed by atoms with Crippen molar-refractivity contribution in [2.45, 2.75) is 52.7 Å². The summed E-state index contributed by atoms with van der Waals surface area (Å²) in [5, 5.41) is 3.37. The van der Waals surface area contributed by atoms with Gasteiger partial charge in [-0.15, -0.1) is 0 Å². The summed E-state index contributed by atoms with van der Waals surface area (Å²) in [4.78, 5) is 9.26. The zero-order valence-electron chi connectivity index (χ0n) is 12.7. The van der Waals surface area contributed by atoms with Crippen LogP contribution in [0.5, 0.6) is 0 Å². The van der Waals surface area contributed by atoms with Gasteiger partial charge in [0, 0.05) is 18.3 Å². The second-order valence-electron chi connectivity index (χ2n) is 5.25. The Bertz CT molecular complexity index is 366. The van der Waals surface area contributed by atoms with Crippen LogP contribution < -0.4 is 5.32 Å². The van der Waals surface area contributed by atoms with E-state index in [2.05, 4.69) is 49.0 Å². The fourth-order valence-corrected chi connectivity index (χ4v) is 2.63. The average Bonchev–Trinajstić information content (AvgIpc) is 2.36. The summed E-state index contributed by atoms with van der Waals surface area (Å²) >= 11 is 1.92. The van der Waals surface area contributed by atoms with Gasteiger partial charge in [-0.1, -0.05) is 34.1 Å². The van der Waals surface area contributed by atoms with E-state index in [-0.39, 0.29) is 0 Å². The van der Waals surface area contributed by atoms with E-state index in [9.17, 15) is 0 Å². The Kier molecular flexibility index (Phi) is 7.87. The SMILES string of the molecule is CCCNc1cc(CCC)nc(CSCC(C)C)n1. The van der Waals surface area contributed by atoms with Crippen LogP contribution in [-0.2, 0) is 12.2 Å². The smallest absolute Gasteiger partial charge is 0.140 e. The lowest BCUT2D eigenvalue weighted by atomic mass is 10.2. The minimum atomic E-state index is 0.724. The van der Waals surface area contributed by atoms with Crippen molar-refractivity contribution in [3.05, 3.63) is 17.6 Å². The number of aryl methyl sites for hydroxylation is 1. The molecule has 0 spiro atoms. The molecule has 108 valence electrons. The van der Waals surface area contributed by atoms with E-state index in [4.69, 9.17) is 0 Å². The monoisotopic (exact) mass is 281 g/mol. The van der Waals surface area contributed by atoms with Gasteiger partial charge in [-0.3, -0.25) is 0 Å². The second-order valence-corrected chi connectivity index (χ2v) is 6.28. The molecule has 0 aromatic carbocycles. The highest BCUT2D eigenvalue weighted by molar-refractivity contribution is 7.98. The summed E-state index contributed by atoms with van der Waals surface area (Å²) in [6, 6.07) is 2.09. The first-order chi connectivity index (χ1) is 9.15. The van der Waals surface area contributed by atoms with Crippen molar-refractivity contribution in [2.24, 2.45) is 5.92 Å². The molecule has 3 nitrogen and oxygen atoms in total. The van der Waals surface area contributed by atoms with Crippen molar-refractivity contribution in [3.8, 4) is 0 Å². The molecule has 0 aliphatic rings. The first kappa shape index (κ1) is 16.3. The third kappa shape index (κ3) is 6.81. The zero-order chi connectivity index (χ0) is 14.1. The fourth-order valence-electron chi connectivity index (χ4n) is 1.73. The molecular formula is C15H27N3S.